The summed E-state index contributed by atoms with van der Waals surface area (Å²) in [5.41, 5.74) is 1.28. The average Bonchev–Trinajstić information content (AvgIpc) is 2.47. The Kier molecular flexibility index (Phi) is 3.60. The number of alkyl halides is 1. The van der Waals surface area contributed by atoms with Gasteiger partial charge in [-0.15, -0.1) is 11.6 Å². The Balaban J connectivity index is 2.38. The van der Waals surface area contributed by atoms with E-state index in [1.54, 1.807) is 0 Å². The number of halogens is 1. The Morgan fingerprint density at radius 2 is 2.42 bits per heavy atom. The van der Waals surface area contributed by atoms with Crippen LogP contribution in [0.5, 0.6) is 0 Å². The van der Waals surface area contributed by atoms with Gasteiger partial charge in [-0.05, 0) is 24.8 Å². The van der Waals surface area contributed by atoms with Crippen LogP contribution < -0.4 is 0 Å². The molecule has 0 spiro atoms. The van der Waals surface area contributed by atoms with Crippen molar-refractivity contribution in [2.24, 2.45) is 13.0 Å². The monoisotopic (exact) mass is 186 g/mol. The van der Waals surface area contributed by atoms with Crippen LogP contribution in [-0.2, 0) is 13.5 Å². The second kappa shape index (κ2) is 4.51. The summed E-state index contributed by atoms with van der Waals surface area (Å²) in [6.07, 6.45) is 4.05. The zero-order valence-electron chi connectivity index (χ0n) is 7.63. The summed E-state index contributed by atoms with van der Waals surface area (Å²) in [5, 5.41) is 4.10. The van der Waals surface area contributed by atoms with Crippen LogP contribution in [0.2, 0.25) is 0 Å². The average molecular weight is 187 g/mol. The van der Waals surface area contributed by atoms with Crippen molar-refractivity contribution in [3.05, 3.63) is 18.0 Å². The topological polar surface area (TPSA) is 17.8 Å². The normalized spacial score (nSPS) is 13.2. The molecule has 0 bridgehead atoms. The molecule has 1 aromatic heterocycles. The van der Waals surface area contributed by atoms with Gasteiger partial charge in [0.05, 0.1) is 0 Å². The summed E-state index contributed by atoms with van der Waals surface area (Å²) in [7, 11) is 1.97. The van der Waals surface area contributed by atoms with Crippen molar-refractivity contribution in [1.29, 1.82) is 0 Å². The van der Waals surface area contributed by atoms with Crippen LogP contribution >= 0.6 is 11.6 Å². The third-order valence-corrected chi connectivity index (χ3v) is 2.61. The second-order valence-electron chi connectivity index (χ2n) is 3.24. The van der Waals surface area contributed by atoms with E-state index in [9.17, 15) is 0 Å². The predicted octanol–water partition coefficient (Wildman–Crippen LogP) is 2.23. The molecular weight excluding hydrogens is 172 g/mol. The molecule has 1 atom stereocenters. The lowest BCUT2D eigenvalue weighted by molar-refractivity contribution is 0.570. The number of aryl methyl sites for hydroxylation is 2. The van der Waals surface area contributed by atoms with Crippen molar-refractivity contribution < 1.29 is 0 Å². The molecule has 0 aromatic carbocycles. The van der Waals surface area contributed by atoms with Crippen LogP contribution in [0.25, 0.3) is 0 Å². The van der Waals surface area contributed by atoms with Gasteiger partial charge in [0.15, 0.2) is 0 Å². The molecule has 1 heterocycles. The fourth-order valence-corrected chi connectivity index (χ4v) is 1.27. The van der Waals surface area contributed by atoms with Crippen molar-refractivity contribution in [1.82, 2.24) is 9.78 Å². The molecule has 68 valence electrons. The van der Waals surface area contributed by atoms with E-state index in [-0.39, 0.29) is 0 Å². The van der Waals surface area contributed by atoms with Crippen molar-refractivity contribution in [3.63, 3.8) is 0 Å². The Hall–Kier alpha value is -0.500. The largest absolute Gasteiger partial charge is 0.273 e. The number of hydrogen-bond donors (Lipinski definition) is 0. The van der Waals surface area contributed by atoms with E-state index >= 15 is 0 Å². The van der Waals surface area contributed by atoms with Crippen LogP contribution in [0.1, 0.15) is 19.0 Å². The van der Waals surface area contributed by atoms with E-state index < -0.39 is 0 Å². The first-order valence-corrected chi connectivity index (χ1v) is 4.80. The summed E-state index contributed by atoms with van der Waals surface area (Å²) in [4.78, 5) is 0. The van der Waals surface area contributed by atoms with Gasteiger partial charge in [0.1, 0.15) is 0 Å². The highest BCUT2D eigenvalue weighted by molar-refractivity contribution is 6.18. The number of hydrogen-bond acceptors (Lipinski definition) is 1. The van der Waals surface area contributed by atoms with E-state index in [0.29, 0.717) is 5.92 Å². The Morgan fingerprint density at radius 3 is 2.92 bits per heavy atom. The Labute approximate surface area is 78.5 Å². The molecule has 3 heteroatoms. The van der Waals surface area contributed by atoms with Gasteiger partial charge in [0, 0.05) is 24.8 Å². The molecule has 0 radical (unpaired) electrons. The first kappa shape index (κ1) is 9.59. The number of rotatable bonds is 4. The van der Waals surface area contributed by atoms with Crippen molar-refractivity contribution in [2.75, 3.05) is 5.88 Å². The molecule has 0 aliphatic heterocycles. The lowest BCUT2D eigenvalue weighted by Gasteiger charge is -2.06. The lowest BCUT2D eigenvalue weighted by atomic mass is 10.1. The molecule has 0 saturated heterocycles. The van der Waals surface area contributed by atoms with Gasteiger partial charge >= 0.3 is 0 Å². The SMILES string of the molecule is CC(CCl)CCc1ccnn1C. The minimum absolute atomic E-state index is 0.599. The van der Waals surface area contributed by atoms with Gasteiger partial charge in [-0.3, -0.25) is 4.68 Å². The van der Waals surface area contributed by atoms with Gasteiger partial charge < -0.3 is 0 Å². The first-order chi connectivity index (χ1) is 5.74. The molecule has 1 aromatic rings. The highest BCUT2D eigenvalue weighted by Crippen LogP contribution is 2.09. The van der Waals surface area contributed by atoms with E-state index in [4.69, 9.17) is 11.6 Å². The van der Waals surface area contributed by atoms with E-state index in [1.807, 2.05) is 17.9 Å². The highest BCUT2D eigenvalue weighted by atomic mass is 35.5. The fourth-order valence-electron chi connectivity index (χ4n) is 1.12. The Bertz CT molecular complexity index is 232. The van der Waals surface area contributed by atoms with Crippen LogP contribution in [0.4, 0.5) is 0 Å². The molecule has 0 fully saturated rings. The Morgan fingerprint density at radius 1 is 1.67 bits per heavy atom. The summed E-state index contributed by atoms with van der Waals surface area (Å²) < 4.78 is 1.92. The minimum Gasteiger partial charge on any atom is -0.273 e. The van der Waals surface area contributed by atoms with Crippen LogP contribution in [0.15, 0.2) is 12.3 Å². The third-order valence-electron chi connectivity index (χ3n) is 2.08. The van der Waals surface area contributed by atoms with Gasteiger partial charge in [0.2, 0.25) is 0 Å². The maximum Gasteiger partial charge on any atom is 0.0492 e. The van der Waals surface area contributed by atoms with Gasteiger partial charge in [-0.2, -0.15) is 5.10 Å². The van der Waals surface area contributed by atoms with Gasteiger partial charge in [0.25, 0.3) is 0 Å². The summed E-state index contributed by atoms with van der Waals surface area (Å²) in [5.74, 6) is 1.35. The second-order valence-corrected chi connectivity index (χ2v) is 3.55. The standard InChI is InChI=1S/C9H15ClN2/c1-8(7-10)3-4-9-5-6-11-12(9)2/h5-6,8H,3-4,7H2,1-2H3. The lowest BCUT2D eigenvalue weighted by Crippen LogP contribution is -2.03. The fraction of sp³-hybridized carbons (Fsp3) is 0.667. The summed E-state index contributed by atoms with van der Waals surface area (Å²) in [6.45, 7) is 2.17. The molecule has 0 amide bonds. The van der Waals surface area contributed by atoms with E-state index in [2.05, 4.69) is 18.1 Å². The molecule has 2 nitrogen and oxygen atoms in total. The van der Waals surface area contributed by atoms with Crippen molar-refractivity contribution in [3.8, 4) is 0 Å². The maximum absolute atomic E-state index is 5.71. The summed E-state index contributed by atoms with van der Waals surface area (Å²) >= 11 is 5.71. The minimum atomic E-state index is 0.599. The van der Waals surface area contributed by atoms with Crippen LogP contribution in [-0.4, -0.2) is 15.7 Å². The maximum atomic E-state index is 5.71. The zero-order valence-corrected chi connectivity index (χ0v) is 8.38. The van der Waals surface area contributed by atoms with Crippen molar-refractivity contribution in [2.45, 2.75) is 19.8 Å². The van der Waals surface area contributed by atoms with Gasteiger partial charge in [-0.25, -0.2) is 0 Å². The van der Waals surface area contributed by atoms with Crippen LogP contribution in [0.3, 0.4) is 0 Å². The molecule has 0 aliphatic carbocycles. The molecule has 0 aliphatic rings. The third kappa shape index (κ3) is 2.52. The number of nitrogens with zero attached hydrogens (tertiary/aromatic N) is 2. The molecule has 1 unspecified atom stereocenters. The van der Waals surface area contributed by atoms with E-state index in [0.717, 1.165) is 18.7 Å². The van der Waals surface area contributed by atoms with Crippen LogP contribution in [0, 0.1) is 5.92 Å². The summed E-state index contributed by atoms with van der Waals surface area (Å²) in [6, 6.07) is 2.06. The smallest absolute Gasteiger partial charge is 0.0492 e. The highest BCUT2D eigenvalue weighted by Gasteiger charge is 2.02. The first-order valence-electron chi connectivity index (χ1n) is 4.27. The van der Waals surface area contributed by atoms with E-state index in [1.165, 1.54) is 5.69 Å². The molecule has 1 rings (SSSR count). The molecule has 0 N–H and O–H groups in total. The zero-order chi connectivity index (χ0) is 8.97. The molecule has 0 saturated carbocycles. The molecular formula is C9H15ClN2. The quantitative estimate of drug-likeness (QED) is 0.660. The predicted molar refractivity (Wildman–Crippen MR) is 51.4 cm³/mol. The number of aromatic nitrogens is 2. The van der Waals surface area contributed by atoms with Crippen molar-refractivity contribution >= 4 is 11.6 Å². The molecule has 12 heavy (non-hydrogen) atoms. The van der Waals surface area contributed by atoms with Gasteiger partial charge in [-0.1, -0.05) is 6.92 Å².